The summed E-state index contributed by atoms with van der Waals surface area (Å²) in [5, 5.41) is 19.2. The van der Waals surface area contributed by atoms with Gasteiger partial charge in [-0.2, -0.15) is 0 Å². The summed E-state index contributed by atoms with van der Waals surface area (Å²) in [6, 6.07) is 14.1. The molecule has 1 saturated heterocycles. The third-order valence-electron chi connectivity index (χ3n) is 7.87. The molecule has 3 aromatic rings. The zero-order chi connectivity index (χ0) is 27.2. The van der Waals surface area contributed by atoms with E-state index in [1.807, 2.05) is 48.3 Å². The van der Waals surface area contributed by atoms with E-state index in [0.29, 0.717) is 24.6 Å². The lowest BCUT2D eigenvalue weighted by Crippen LogP contribution is -2.50. The van der Waals surface area contributed by atoms with Gasteiger partial charge in [0.05, 0.1) is 23.3 Å². The molecule has 2 aliphatic heterocycles. The van der Waals surface area contributed by atoms with E-state index in [1.54, 1.807) is 0 Å². The molecule has 2 aliphatic rings. The van der Waals surface area contributed by atoms with Crippen molar-refractivity contribution in [3.63, 3.8) is 0 Å². The fourth-order valence-corrected chi connectivity index (χ4v) is 6.73. The highest BCUT2D eigenvalue weighted by Gasteiger charge is 2.26. The minimum absolute atomic E-state index is 0.139. The number of anilines is 1. The van der Waals surface area contributed by atoms with Gasteiger partial charge in [0.2, 0.25) is 0 Å². The lowest BCUT2D eigenvalue weighted by atomic mass is 9.99. The smallest absolute Gasteiger partial charge is 0.251 e. The highest BCUT2D eigenvalue weighted by Crippen LogP contribution is 2.38. The highest BCUT2D eigenvalue weighted by atomic mass is 32.2. The number of hydrogen-bond acceptors (Lipinski definition) is 6. The van der Waals surface area contributed by atoms with E-state index in [2.05, 4.69) is 45.6 Å². The maximum absolute atomic E-state index is 13.9. The zero-order valence-electron chi connectivity index (χ0n) is 23.2. The van der Waals surface area contributed by atoms with Crippen LogP contribution in [-0.2, 0) is 24.1 Å². The summed E-state index contributed by atoms with van der Waals surface area (Å²) in [5.74, 6) is 0.866. The number of nitrogens with zero attached hydrogens (tertiary/aromatic N) is 2. The molecule has 3 heterocycles. The molecule has 8 heteroatoms. The fraction of sp³-hybridized carbons (Fsp3) is 0.516. The Bertz CT molecular complexity index is 1240. The summed E-state index contributed by atoms with van der Waals surface area (Å²) in [7, 11) is 0. The summed E-state index contributed by atoms with van der Waals surface area (Å²) in [4.78, 5) is 13.9. The molecule has 0 aliphatic carbocycles. The Morgan fingerprint density at radius 2 is 1.97 bits per heavy atom. The van der Waals surface area contributed by atoms with E-state index in [1.165, 1.54) is 16.5 Å². The summed E-state index contributed by atoms with van der Waals surface area (Å²) in [6.07, 6.45) is 6.05. The van der Waals surface area contributed by atoms with Crippen LogP contribution in [0.5, 0.6) is 0 Å². The summed E-state index contributed by atoms with van der Waals surface area (Å²) in [6.45, 7) is 8.11. The number of benzene rings is 2. The number of aromatic nitrogens is 1. The number of hydrogen-bond donors (Lipinski definition) is 3. The van der Waals surface area contributed by atoms with Gasteiger partial charge in [-0.3, -0.25) is 4.79 Å². The van der Waals surface area contributed by atoms with E-state index in [-0.39, 0.29) is 5.91 Å². The minimum atomic E-state index is -0.721. The molecular weight excluding hydrogens is 508 g/mol. The summed E-state index contributed by atoms with van der Waals surface area (Å²) >= 11 is 1.82. The Kier molecular flexibility index (Phi) is 9.50. The second-order valence-electron chi connectivity index (χ2n) is 10.6. The van der Waals surface area contributed by atoms with Gasteiger partial charge in [-0.1, -0.05) is 43.7 Å². The molecule has 3 N–H and O–H groups in total. The SMILES string of the molecule is CCCc1cn2c3c(cc(C(=O)N[C@@H](Cc4ccccc4)[C@H](O)CNC4CCOCC4)cc13)N(CC)SCC2. The van der Waals surface area contributed by atoms with Gasteiger partial charge < -0.3 is 29.3 Å². The van der Waals surface area contributed by atoms with Gasteiger partial charge in [-0.25, -0.2) is 0 Å². The molecule has 0 saturated carbocycles. The fourth-order valence-electron chi connectivity index (χ4n) is 5.77. The lowest BCUT2D eigenvalue weighted by Gasteiger charge is -2.29. The number of rotatable bonds is 11. The maximum atomic E-state index is 13.9. The molecular formula is C31H42N4O3S. The Labute approximate surface area is 236 Å². The number of carbonyl (C=O) groups is 1. The largest absolute Gasteiger partial charge is 0.390 e. The van der Waals surface area contributed by atoms with Crippen LogP contribution in [-0.4, -0.2) is 65.8 Å². The monoisotopic (exact) mass is 550 g/mol. The van der Waals surface area contributed by atoms with E-state index < -0.39 is 12.1 Å². The molecule has 1 aromatic heterocycles. The standard InChI is InChI=1S/C31H42N4O3S/c1-3-8-23-21-34-13-16-39-35(4-2)28-19-24(18-26(23)30(28)34)31(37)33-27(17-22-9-6-5-7-10-22)29(36)20-32-25-11-14-38-15-12-25/h5-7,9-10,18-19,21,25,27,29,32,36H,3-4,8,11-17,20H2,1-2H3,(H,33,37)/t27-,29+/m0/s1. The minimum Gasteiger partial charge on any atom is -0.390 e. The van der Waals surface area contributed by atoms with Crippen LogP contribution in [0.2, 0.25) is 0 Å². The van der Waals surface area contributed by atoms with Crippen LogP contribution >= 0.6 is 11.9 Å². The van der Waals surface area contributed by atoms with Crippen molar-refractivity contribution in [3.8, 4) is 0 Å². The highest BCUT2D eigenvalue weighted by molar-refractivity contribution is 8.00. The van der Waals surface area contributed by atoms with Gasteiger partial charge in [-0.15, -0.1) is 0 Å². The van der Waals surface area contributed by atoms with Crippen molar-refractivity contribution >= 4 is 34.4 Å². The molecule has 7 nitrogen and oxygen atoms in total. The molecule has 0 spiro atoms. The third kappa shape index (κ3) is 6.62. The quantitative estimate of drug-likeness (QED) is 0.304. The Morgan fingerprint density at radius 3 is 2.72 bits per heavy atom. The number of aliphatic hydroxyl groups excluding tert-OH is 1. The average molecular weight is 551 g/mol. The van der Waals surface area contributed by atoms with E-state index in [4.69, 9.17) is 4.74 Å². The second-order valence-corrected chi connectivity index (χ2v) is 11.8. The Morgan fingerprint density at radius 1 is 1.18 bits per heavy atom. The first-order valence-corrected chi connectivity index (χ1v) is 15.4. The van der Waals surface area contributed by atoms with Crippen molar-refractivity contribution in [2.75, 3.05) is 36.4 Å². The van der Waals surface area contributed by atoms with Gasteiger partial charge in [0, 0.05) is 61.8 Å². The van der Waals surface area contributed by atoms with Crippen molar-refractivity contribution in [3.05, 3.63) is 65.4 Å². The van der Waals surface area contributed by atoms with E-state index >= 15 is 0 Å². The topological polar surface area (TPSA) is 78.8 Å². The molecule has 0 unspecified atom stereocenters. The Hall–Kier alpha value is -2.52. The molecule has 1 fully saturated rings. The van der Waals surface area contributed by atoms with Gasteiger partial charge in [0.25, 0.3) is 5.91 Å². The second kappa shape index (κ2) is 13.2. The third-order valence-corrected chi connectivity index (χ3v) is 9.00. The first-order valence-electron chi connectivity index (χ1n) is 14.5. The first-order chi connectivity index (χ1) is 19.1. The number of amides is 1. The number of ether oxygens (including phenoxy) is 1. The van der Waals surface area contributed by atoms with Crippen LogP contribution in [0.3, 0.4) is 0 Å². The molecule has 2 atom stereocenters. The van der Waals surface area contributed by atoms with E-state index in [0.717, 1.165) is 69.0 Å². The molecule has 0 radical (unpaired) electrons. The molecule has 39 heavy (non-hydrogen) atoms. The first kappa shape index (κ1) is 28.0. The molecule has 2 aromatic carbocycles. The molecule has 1 amide bonds. The van der Waals surface area contributed by atoms with Gasteiger partial charge in [-0.05, 0) is 67.8 Å². The van der Waals surface area contributed by atoms with Crippen molar-refractivity contribution in [1.82, 2.24) is 15.2 Å². The van der Waals surface area contributed by atoms with Gasteiger partial charge in [0.1, 0.15) is 0 Å². The summed E-state index contributed by atoms with van der Waals surface area (Å²) < 4.78 is 10.1. The molecule has 210 valence electrons. The maximum Gasteiger partial charge on any atom is 0.251 e. The average Bonchev–Trinajstić information content (AvgIpc) is 3.20. The lowest BCUT2D eigenvalue weighted by molar-refractivity contribution is 0.0657. The van der Waals surface area contributed by atoms with Crippen molar-refractivity contribution in [2.24, 2.45) is 0 Å². The van der Waals surface area contributed by atoms with Crippen molar-refractivity contribution < 1.29 is 14.6 Å². The van der Waals surface area contributed by atoms with Crippen LogP contribution < -0.4 is 14.9 Å². The van der Waals surface area contributed by atoms with E-state index in [9.17, 15) is 9.90 Å². The van der Waals surface area contributed by atoms with Crippen LogP contribution in [0.15, 0.2) is 48.7 Å². The molecule has 0 bridgehead atoms. The summed E-state index contributed by atoms with van der Waals surface area (Å²) in [5.41, 5.74) is 5.37. The predicted octanol–water partition coefficient (Wildman–Crippen LogP) is 4.55. The number of nitrogens with one attached hydrogen (secondary N) is 2. The van der Waals surface area contributed by atoms with Crippen LogP contribution in [0.25, 0.3) is 10.9 Å². The normalized spacial score (nSPS) is 17.7. The Balaban J connectivity index is 1.42. The van der Waals surface area contributed by atoms with Crippen molar-refractivity contribution in [2.45, 2.75) is 70.7 Å². The predicted molar refractivity (Wildman–Crippen MR) is 161 cm³/mol. The van der Waals surface area contributed by atoms with Gasteiger partial charge >= 0.3 is 0 Å². The van der Waals surface area contributed by atoms with Crippen molar-refractivity contribution in [1.29, 1.82) is 0 Å². The van der Waals surface area contributed by atoms with Crippen LogP contribution in [0.4, 0.5) is 5.69 Å². The number of aliphatic hydroxyl groups is 1. The van der Waals surface area contributed by atoms with Crippen LogP contribution in [0.1, 0.15) is 54.6 Å². The zero-order valence-corrected chi connectivity index (χ0v) is 24.0. The molecule has 5 rings (SSSR count). The van der Waals surface area contributed by atoms with Crippen LogP contribution in [0, 0.1) is 0 Å². The number of carbonyl (C=O) groups excluding carboxylic acids is 1. The van der Waals surface area contributed by atoms with Gasteiger partial charge in [0.15, 0.2) is 0 Å². The number of aryl methyl sites for hydroxylation is 2.